The van der Waals surface area contributed by atoms with Crippen LogP contribution >= 0.6 is 0 Å². The largest absolute Gasteiger partial charge is 1.00 e. The second-order valence-corrected chi connectivity index (χ2v) is 1.38. The van der Waals surface area contributed by atoms with Crippen LogP contribution in [0.3, 0.4) is 0 Å². The van der Waals surface area contributed by atoms with Crippen LogP contribution < -0.4 is 29.6 Å². The van der Waals surface area contributed by atoms with Gasteiger partial charge in [-0.3, -0.25) is 0 Å². The van der Waals surface area contributed by atoms with E-state index >= 15 is 0 Å². The molecule has 0 aliphatic rings. The topological polar surface area (TPSA) is 57.5 Å². The molecule has 0 saturated carbocycles. The minimum Gasteiger partial charge on any atom is -1.00 e. The van der Waals surface area contributed by atoms with Crippen molar-refractivity contribution in [3.63, 3.8) is 0 Å². The zero-order valence-corrected chi connectivity index (χ0v) is 7.42. The molecule has 0 aromatic heterocycles. The van der Waals surface area contributed by atoms with Crippen LogP contribution in [0.4, 0.5) is 0 Å². The molecule has 4 heteroatoms. The molecule has 0 aromatic rings. The molecule has 0 amide bonds. The summed E-state index contributed by atoms with van der Waals surface area (Å²) in [7, 11) is 0. The zero-order valence-electron chi connectivity index (χ0n) is 6.42. The van der Waals surface area contributed by atoms with Crippen LogP contribution in [0.2, 0.25) is 0 Å². The van der Waals surface area contributed by atoms with Crippen molar-refractivity contribution >= 4 is 5.97 Å². The van der Waals surface area contributed by atoms with Crippen LogP contribution in [0.15, 0.2) is 12.2 Å². The Morgan fingerprint density at radius 3 is 2.22 bits per heavy atom. The number of aliphatic hydroxyl groups excluding tert-OH is 1. The van der Waals surface area contributed by atoms with Gasteiger partial charge in [0.25, 0.3) is 0 Å². The predicted octanol–water partition coefficient (Wildman–Crippen LogP) is -2.87. The zero-order chi connectivity index (χ0) is 6.57. The van der Waals surface area contributed by atoms with Gasteiger partial charge in [-0.05, 0) is 0 Å². The van der Waals surface area contributed by atoms with Crippen molar-refractivity contribution in [1.29, 1.82) is 0 Å². The van der Waals surface area contributed by atoms with Gasteiger partial charge in [-0.15, -0.1) is 0 Å². The molecular formula is C5H9NaO3. The first-order valence-electron chi connectivity index (χ1n) is 2.20. The third-order valence-electron chi connectivity index (χ3n) is 0.716. The summed E-state index contributed by atoms with van der Waals surface area (Å²) in [5.74, 6) is -1.04. The summed E-state index contributed by atoms with van der Waals surface area (Å²) in [6.07, 6.45) is 0.148. The predicted molar refractivity (Wildman–Crippen MR) is 29.6 cm³/mol. The smallest absolute Gasteiger partial charge is 1.00 e. The molecule has 9 heavy (non-hydrogen) atoms. The molecule has 0 aromatic carbocycles. The standard InChI is InChI=1S/C5H8O3.Na.H/c1-4(2-3-6)5(7)8;;/h6H,1-3H2,(H,7,8);;/q;+1;-1. The molecule has 0 radical (unpaired) electrons. The Labute approximate surface area is 77.2 Å². The van der Waals surface area contributed by atoms with Gasteiger partial charge >= 0.3 is 35.5 Å². The van der Waals surface area contributed by atoms with E-state index in [-0.39, 0.29) is 49.6 Å². The van der Waals surface area contributed by atoms with Crippen molar-refractivity contribution in [2.45, 2.75) is 6.42 Å². The van der Waals surface area contributed by atoms with E-state index in [4.69, 9.17) is 10.2 Å². The van der Waals surface area contributed by atoms with Crippen LogP contribution in [0.1, 0.15) is 7.85 Å². The van der Waals surface area contributed by atoms with Crippen molar-refractivity contribution in [2.24, 2.45) is 0 Å². The van der Waals surface area contributed by atoms with E-state index in [0.29, 0.717) is 0 Å². The molecule has 2 N–H and O–H groups in total. The molecule has 0 aliphatic carbocycles. The maximum Gasteiger partial charge on any atom is 1.00 e. The molecular weight excluding hydrogens is 131 g/mol. The van der Waals surface area contributed by atoms with E-state index < -0.39 is 5.97 Å². The Hall–Kier alpha value is 0.170. The van der Waals surface area contributed by atoms with E-state index in [1.807, 2.05) is 0 Å². The van der Waals surface area contributed by atoms with Gasteiger partial charge in [-0.2, -0.15) is 0 Å². The number of aliphatic hydroxyl groups is 1. The summed E-state index contributed by atoms with van der Waals surface area (Å²) < 4.78 is 0. The van der Waals surface area contributed by atoms with E-state index in [1.165, 1.54) is 0 Å². The van der Waals surface area contributed by atoms with Gasteiger partial charge < -0.3 is 11.6 Å². The molecule has 0 rings (SSSR count). The number of carboxylic acid groups (broad SMARTS) is 1. The number of hydrogen-bond acceptors (Lipinski definition) is 2. The van der Waals surface area contributed by atoms with Crippen molar-refractivity contribution in [3.05, 3.63) is 12.2 Å². The van der Waals surface area contributed by atoms with Gasteiger partial charge in [0, 0.05) is 18.6 Å². The fourth-order valence-electron chi connectivity index (χ4n) is 0.242. The Bertz CT molecular complexity index is 115. The molecule has 0 heterocycles. The average molecular weight is 140 g/mol. The first-order valence-corrected chi connectivity index (χ1v) is 2.20. The Morgan fingerprint density at radius 2 is 2.11 bits per heavy atom. The van der Waals surface area contributed by atoms with Crippen LogP contribution in [0.5, 0.6) is 0 Å². The molecule has 0 fully saturated rings. The molecule has 0 spiro atoms. The normalized spacial score (nSPS) is 7.67. The monoisotopic (exact) mass is 140 g/mol. The Morgan fingerprint density at radius 1 is 1.67 bits per heavy atom. The molecule has 0 atom stereocenters. The van der Waals surface area contributed by atoms with Crippen molar-refractivity contribution in [3.8, 4) is 0 Å². The van der Waals surface area contributed by atoms with Crippen molar-refractivity contribution in [2.75, 3.05) is 6.61 Å². The van der Waals surface area contributed by atoms with Crippen LogP contribution in [0.25, 0.3) is 0 Å². The van der Waals surface area contributed by atoms with Crippen molar-refractivity contribution in [1.82, 2.24) is 0 Å². The quantitative estimate of drug-likeness (QED) is 0.327. The van der Waals surface area contributed by atoms with Gasteiger partial charge in [-0.1, -0.05) is 6.58 Å². The van der Waals surface area contributed by atoms with Gasteiger partial charge in [0.2, 0.25) is 0 Å². The first kappa shape index (κ1) is 11.9. The van der Waals surface area contributed by atoms with Gasteiger partial charge in [0.15, 0.2) is 0 Å². The molecule has 3 nitrogen and oxygen atoms in total. The molecule has 0 unspecified atom stereocenters. The summed E-state index contributed by atoms with van der Waals surface area (Å²) in [6.45, 7) is 3.04. The molecule has 0 bridgehead atoms. The number of carboxylic acids is 1. The summed E-state index contributed by atoms with van der Waals surface area (Å²) in [6, 6.07) is 0. The Kier molecular flexibility index (Phi) is 8.32. The van der Waals surface area contributed by atoms with Gasteiger partial charge in [0.1, 0.15) is 0 Å². The summed E-state index contributed by atoms with van der Waals surface area (Å²) in [5, 5.41) is 16.3. The summed E-state index contributed by atoms with van der Waals surface area (Å²) >= 11 is 0. The fraction of sp³-hybridized carbons (Fsp3) is 0.400. The van der Waals surface area contributed by atoms with Crippen LogP contribution in [-0.4, -0.2) is 22.8 Å². The number of aliphatic carboxylic acids is 1. The molecule has 0 aliphatic heterocycles. The summed E-state index contributed by atoms with van der Waals surface area (Å²) in [5.41, 5.74) is 0.0486. The SMILES string of the molecule is C=C(CCO)C(=O)O.[H-].[Na+]. The first-order chi connectivity index (χ1) is 3.68. The van der Waals surface area contributed by atoms with Crippen LogP contribution in [-0.2, 0) is 4.79 Å². The van der Waals surface area contributed by atoms with Gasteiger partial charge in [0.05, 0.1) is 0 Å². The summed E-state index contributed by atoms with van der Waals surface area (Å²) in [4.78, 5) is 9.88. The maximum atomic E-state index is 9.88. The minimum atomic E-state index is -1.04. The minimum absolute atomic E-state index is 0. The van der Waals surface area contributed by atoms with E-state index in [2.05, 4.69) is 6.58 Å². The van der Waals surface area contributed by atoms with Crippen LogP contribution in [0, 0.1) is 0 Å². The number of rotatable bonds is 3. The third kappa shape index (κ3) is 6.05. The average Bonchev–Trinajstić information content (AvgIpc) is 1.67. The molecule has 0 saturated heterocycles. The fourth-order valence-corrected chi connectivity index (χ4v) is 0.242. The Balaban J connectivity index is -0.000000245. The maximum absolute atomic E-state index is 9.88. The van der Waals surface area contributed by atoms with E-state index in [1.54, 1.807) is 0 Å². The van der Waals surface area contributed by atoms with E-state index in [0.717, 1.165) is 0 Å². The van der Waals surface area contributed by atoms with Gasteiger partial charge in [-0.25, -0.2) is 4.79 Å². The molecule has 48 valence electrons. The number of hydrogen-bond donors (Lipinski definition) is 2. The van der Waals surface area contributed by atoms with E-state index in [9.17, 15) is 4.79 Å². The number of carbonyl (C=O) groups is 1. The second kappa shape index (κ2) is 6.29. The second-order valence-electron chi connectivity index (χ2n) is 1.38. The third-order valence-corrected chi connectivity index (χ3v) is 0.716. The van der Waals surface area contributed by atoms with Crippen molar-refractivity contribution < 1.29 is 46.0 Å².